The van der Waals surface area contributed by atoms with Gasteiger partial charge in [0.25, 0.3) is 5.91 Å². The fourth-order valence-corrected chi connectivity index (χ4v) is 3.50. The van der Waals surface area contributed by atoms with Gasteiger partial charge >= 0.3 is 0 Å². The molecule has 3 N–H and O–H groups in total. The standard InChI is InChI=1S/C21H22N4O3/c1-27-14-8-7-13(20(9-14)28-2)11-23-25-21(26)18-10-16-15-5-3-4-6-17(15)24-19(16)12-22-18/h3-9,11,18,22,24H,10,12H2,1-2H3,(H,25,26)/t18-/m0/s1. The first-order valence-corrected chi connectivity index (χ1v) is 9.06. The third kappa shape index (κ3) is 3.44. The van der Waals surface area contributed by atoms with Crippen LogP contribution in [-0.4, -0.2) is 37.4 Å². The molecule has 0 bridgehead atoms. The number of hydrogen-bond acceptors (Lipinski definition) is 5. The topological polar surface area (TPSA) is 87.7 Å². The number of aromatic amines is 1. The lowest BCUT2D eigenvalue weighted by molar-refractivity contribution is -0.123. The maximum atomic E-state index is 12.6. The maximum Gasteiger partial charge on any atom is 0.257 e. The summed E-state index contributed by atoms with van der Waals surface area (Å²) in [5.41, 5.74) is 6.80. The molecular formula is C21H22N4O3. The van der Waals surface area contributed by atoms with Crippen LogP contribution in [0.3, 0.4) is 0 Å². The predicted octanol–water partition coefficient (Wildman–Crippen LogP) is 2.35. The Kier molecular flexibility index (Phi) is 4.99. The van der Waals surface area contributed by atoms with Crippen molar-refractivity contribution in [2.45, 2.75) is 19.0 Å². The minimum atomic E-state index is -0.332. The van der Waals surface area contributed by atoms with E-state index in [0.717, 1.165) is 16.8 Å². The van der Waals surface area contributed by atoms with Crippen LogP contribution in [-0.2, 0) is 17.8 Å². The van der Waals surface area contributed by atoms with Crippen molar-refractivity contribution >= 4 is 23.0 Å². The minimum Gasteiger partial charge on any atom is -0.497 e. The third-order valence-corrected chi connectivity index (χ3v) is 4.97. The van der Waals surface area contributed by atoms with Gasteiger partial charge in [0, 0.05) is 34.8 Å². The number of carbonyl (C=O) groups is 1. The van der Waals surface area contributed by atoms with E-state index in [0.29, 0.717) is 24.5 Å². The van der Waals surface area contributed by atoms with Gasteiger partial charge in [0.15, 0.2) is 0 Å². The Bertz CT molecular complexity index is 1040. The highest BCUT2D eigenvalue weighted by molar-refractivity contribution is 5.89. The number of hydrogen-bond donors (Lipinski definition) is 3. The molecule has 0 spiro atoms. The van der Waals surface area contributed by atoms with Crippen molar-refractivity contribution in [3.05, 3.63) is 59.3 Å². The van der Waals surface area contributed by atoms with Crippen molar-refractivity contribution in [2.24, 2.45) is 5.10 Å². The molecule has 1 aliphatic heterocycles. The van der Waals surface area contributed by atoms with Gasteiger partial charge in [-0.05, 0) is 30.2 Å². The van der Waals surface area contributed by atoms with Crippen LogP contribution in [0.15, 0.2) is 47.6 Å². The third-order valence-electron chi connectivity index (χ3n) is 4.97. The molecule has 0 aliphatic carbocycles. The smallest absolute Gasteiger partial charge is 0.257 e. The normalized spacial score (nSPS) is 16.1. The van der Waals surface area contributed by atoms with Crippen LogP contribution < -0.4 is 20.2 Å². The molecule has 0 fully saturated rings. The summed E-state index contributed by atoms with van der Waals surface area (Å²) in [6, 6.07) is 13.2. The molecule has 7 nitrogen and oxygen atoms in total. The van der Waals surface area contributed by atoms with E-state index in [1.54, 1.807) is 26.5 Å². The van der Waals surface area contributed by atoms with Crippen LogP contribution in [0, 0.1) is 0 Å². The Morgan fingerprint density at radius 3 is 2.89 bits per heavy atom. The Morgan fingerprint density at radius 1 is 1.21 bits per heavy atom. The van der Waals surface area contributed by atoms with Crippen molar-refractivity contribution in [1.82, 2.24) is 15.7 Å². The maximum absolute atomic E-state index is 12.6. The van der Waals surface area contributed by atoms with Gasteiger partial charge in [-0.25, -0.2) is 5.43 Å². The number of hydrazone groups is 1. The van der Waals surface area contributed by atoms with Crippen molar-refractivity contribution in [3.8, 4) is 11.5 Å². The monoisotopic (exact) mass is 378 g/mol. The molecule has 4 rings (SSSR count). The lowest BCUT2D eigenvalue weighted by Gasteiger charge is -2.22. The SMILES string of the molecule is COc1ccc(C=NNC(=O)[C@@H]2Cc3c([nH]c4ccccc34)CN2)c(OC)c1. The molecule has 1 aliphatic rings. The summed E-state index contributed by atoms with van der Waals surface area (Å²) in [5, 5.41) is 8.53. The molecule has 144 valence electrons. The molecule has 1 amide bonds. The molecule has 3 aromatic rings. The first-order chi connectivity index (χ1) is 13.7. The predicted molar refractivity (Wildman–Crippen MR) is 108 cm³/mol. The van der Waals surface area contributed by atoms with E-state index in [2.05, 4.69) is 33.0 Å². The summed E-state index contributed by atoms with van der Waals surface area (Å²) in [5.74, 6) is 1.15. The molecule has 7 heteroatoms. The second kappa shape index (κ2) is 7.74. The molecule has 0 saturated heterocycles. The number of rotatable bonds is 5. The zero-order chi connectivity index (χ0) is 19.5. The summed E-state index contributed by atoms with van der Waals surface area (Å²) in [6.45, 7) is 0.623. The van der Waals surface area contributed by atoms with Gasteiger partial charge in [0.1, 0.15) is 11.5 Å². The number of amides is 1. The van der Waals surface area contributed by atoms with E-state index in [4.69, 9.17) is 9.47 Å². The van der Waals surface area contributed by atoms with E-state index in [9.17, 15) is 4.79 Å². The Morgan fingerprint density at radius 2 is 2.07 bits per heavy atom. The van der Waals surface area contributed by atoms with Crippen LogP contribution in [0.4, 0.5) is 0 Å². The quantitative estimate of drug-likeness (QED) is 0.470. The zero-order valence-corrected chi connectivity index (χ0v) is 15.8. The Balaban J connectivity index is 1.44. The lowest BCUT2D eigenvalue weighted by Crippen LogP contribution is -2.46. The van der Waals surface area contributed by atoms with E-state index >= 15 is 0 Å². The van der Waals surface area contributed by atoms with Crippen LogP contribution in [0.25, 0.3) is 10.9 Å². The van der Waals surface area contributed by atoms with Crippen molar-refractivity contribution < 1.29 is 14.3 Å². The fraction of sp³-hybridized carbons (Fsp3) is 0.238. The molecule has 28 heavy (non-hydrogen) atoms. The molecule has 0 unspecified atom stereocenters. The number of para-hydroxylation sites is 1. The van der Waals surface area contributed by atoms with Crippen LogP contribution >= 0.6 is 0 Å². The summed E-state index contributed by atoms with van der Waals surface area (Å²) in [4.78, 5) is 16.0. The van der Waals surface area contributed by atoms with E-state index < -0.39 is 0 Å². The number of ether oxygens (including phenoxy) is 2. The molecule has 2 heterocycles. The number of fused-ring (bicyclic) bond motifs is 3. The fourth-order valence-electron chi connectivity index (χ4n) is 3.50. The highest BCUT2D eigenvalue weighted by Gasteiger charge is 2.26. The summed E-state index contributed by atoms with van der Waals surface area (Å²) < 4.78 is 10.5. The van der Waals surface area contributed by atoms with Gasteiger partial charge < -0.3 is 14.5 Å². The molecule has 2 aromatic carbocycles. The van der Waals surface area contributed by atoms with E-state index in [1.807, 2.05) is 24.3 Å². The average Bonchev–Trinajstić information content (AvgIpc) is 3.11. The number of benzene rings is 2. The number of aromatic nitrogens is 1. The van der Waals surface area contributed by atoms with Crippen molar-refractivity contribution in [1.29, 1.82) is 0 Å². The highest BCUT2D eigenvalue weighted by Crippen LogP contribution is 2.26. The van der Waals surface area contributed by atoms with Crippen LogP contribution in [0.2, 0.25) is 0 Å². The number of nitrogens with one attached hydrogen (secondary N) is 3. The second-order valence-electron chi connectivity index (χ2n) is 6.61. The number of nitrogens with zero attached hydrogens (tertiary/aromatic N) is 1. The van der Waals surface area contributed by atoms with Gasteiger partial charge in [-0.2, -0.15) is 5.10 Å². The second-order valence-corrected chi connectivity index (χ2v) is 6.61. The van der Waals surface area contributed by atoms with Crippen LogP contribution in [0.1, 0.15) is 16.8 Å². The summed E-state index contributed by atoms with van der Waals surface area (Å²) in [6.07, 6.45) is 2.18. The van der Waals surface area contributed by atoms with E-state index in [1.165, 1.54) is 10.9 Å². The Hall–Kier alpha value is -3.32. The largest absolute Gasteiger partial charge is 0.497 e. The summed E-state index contributed by atoms with van der Waals surface area (Å²) >= 11 is 0. The number of methoxy groups -OCH3 is 2. The number of H-pyrrole nitrogens is 1. The zero-order valence-electron chi connectivity index (χ0n) is 15.8. The Labute approximate surface area is 162 Å². The van der Waals surface area contributed by atoms with Gasteiger partial charge in [-0.3, -0.25) is 10.1 Å². The molecule has 1 atom stereocenters. The molecule has 1 aromatic heterocycles. The molecule has 0 radical (unpaired) electrons. The average molecular weight is 378 g/mol. The first-order valence-electron chi connectivity index (χ1n) is 9.06. The summed E-state index contributed by atoms with van der Waals surface area (Å²) in [7, 11) is 3.18. The molecule has 0 saturated carbocycles. The highest BCUT2D eigenvalue weighted by atomic mass is 16.5. The minimum absolute atomic E-state index is 0.167. The number of carbonyl (C=O) groups excluding carboxylic acids is 1. The van der Waals surface area contributed by atoms with Gasteiger partial charge in [-0.15, -0.1) is 0 Å². The molecular weight excluding hydrogens is 356 g/mol. The van der Waals surface area contributed by atoms with Gasteiger partial charge in [-0.1, -0.05) is 18.2 Å². The van der Waals surface area contributed by atoms with Gasteiger partial charge in [0.2, 0.25) is 0 Å². The van der Waals surface area contributed by atoms with Crippen molar-refractivity contribution in [2.75, 3.05) is 14.2 Å². The lowest BCUT2D eigenvalue weighted by atomic mass is 9.98. The first kappa shape index (κ1) is 18.1. The van der Waals surface area contributed by atoms with Crippen LogP contribution in [0.5, 0.6) is 11.5 Å². The van der Waals surface area contributed by atoms with Gasteiger partial charge in [0.05, 0.1) is 26.5 Å². The van der Waals surface area contributed by atoms with Crippen molar-refractivity contribution in [3.63, 3.8) is 0 Å². The van der Waals surface area contributed by atoms with E-state index in [-0.39, 0.29) is 11.9 Å².